The van der Waals surface area contributed by atoms with Gasteiger partial charge >= 0.3 is 0 Å². The van der Waals surface area contributed by atoms with E-state index in [1.54, 1.807) is 0 Å². The molecule has 112 valence electrons. The summed E-state index contributed by atoms with van der Waals surface area (Å²) in [6.45, 7) is 4.31. The minimum atomic E-state index is 0.710. The Morgan fingerprint density at radius 1 is 1.19 bits per heavy atom. The smallest absolute Gasteiger partial charge is 0.134 e. The molecule has 3 nitrogen and oxygen atoms in total. The van der Waals surface area contributed by atoms with Crippen LogP contribution in [0, 0.1) is 0 Å². The summed E-state index contributed by atoms with van der Waals surface area (Å²) in [6, 6.07) is 12.7. The van der Waals surface area contributed by atoms with Crippen molar-refractivity contribution in [2.45, 2.75) is 57.3 Å². The maximum absolute atomic E-state index is 6.00. The Morgan fingerprint density at radius 2 is 1.95 bits per heavy atom. The monoisotopic (exact) mass is 284 g/mol. The van der Waals surface area contributed by atoms with Crippen LogP contribution in [0.3, 0.4) is 0 Å². The van der Waals surface area contributed by atoms with Crippen molar-refractivity contribution < 1.29 is 4.42 Å². The van der Waals surface area contributed by atoms with Crippen LogP contribution in [-0.2, 0) is 6.54 Å². The zero-order valence-corrected chi connectivity index (χ0v) is 12.7. The van der Waals surface area contributed by atoms with Crippen molar-refractivity contribution in [1.82, 2.24) is 10.2 Å². The summed E-state index contributed by atoms with van der Waals surface area (Å²) in [5, 5.41) is 4.95. The van der Waals surface area contributed by atoms with E-state index in [4.69, 9.17) is 4.42 Å². The zero-order chi connectivity index (χ0) is 14.2. The van der Waals surface area contributed by atoms with Gasteiger partial charge in [-0.3, -0.25) is 4.90 Å². The number of benzene rings is 1. The molecule has 2 aliphatic heterocycles. The van der Waals surface area contributed by atoms with Gasteiger partial charge in [0.25, 0.3) is 0 Å². The summed E-state index contributed by atoms with van der Waals surface area (Å²) < 4.78 is 6.00. The molecule has 2 fully saturated rings. The number of nitrogens with zero attached hydrogens (tertiary/aromatic N) is 1. The molecule has 21 heavy (non-hydrogen) atoms. The van der Waals surface area contributed by atoms with Crippen LogP contribution in [0.5, 0.6) is 0 Å². The van der Waals surface area contributed by atoms with Crippen molar-refractivity contribution in [2.75, 3.05) is 6.54 Å². The van der Waals surface area contributed by atoms with Gasteiger partial charge in [-0.05, 0) is 44.4 Å². The van der Waals surface area contributed by atoms with E-state index >= 15 is 0 Å². The molecule has 2 bridgehead atoms. The first kappa shape index (κ1) is 13.4. The lowest BCUT2D eigenvalue weighted by molar-refractivity contribution is 0.132. The van der Waals surface area contributed by atoms with Crippen LogP contribution in [0.4, 0.5) is 0 Å². The highest BCUT2D eigenvalue weighted by molar-refractivity contribution is 5.77. The number of hydrogen-bond acceptors (Lipinski definition) is 3. The molecule has 0 spiro atoms. The largest absolute Gasteiger partial charge is 0.460 e. The van der Waals surface area contributed by atoms with Gasteiger partial charge in [-0.2, -0.15) is 0 Å². The molecule has 0 radical (unpaired) electrons. The SMILES string of the molecule is CCN(Cc1cc2ccccc2o1)C1CC2CCC(C1)N2. The minimum Gasteiger partial charge on any atom is -0.460 e. The maximum atomic E-state index is 6.00. The number of hydrogen-bond donors (Lipinski definition) is 1. The van der Waals surface area contributed by atoms with Gasteiger partial charge in [0.15, 0.2) is 0 Å². The van der Waals surface area contributed by atoms with Crippen LogP contribution in [-0.4, -0.2) is 29.6 Å². The van der Waals surface area contributed by atoms with Gasteiger partial charge < -0.3 is 9.73 Å². The molecule has 2 aromatic rings. The summed E-state index contributed by atoms with van der Waals surface area (Å²) in [5.41, 5.74) is 1.01. The van der Waals surface area contributed by atoms with Crippen LogP contribution >= 0.6 is 0 Å². The molecule has 2 aliphatic rings. The molecule has 4 rings (SSSR count). The van der Waals surface area contributed by atoms with Crippen LogP contribution in [0.15, 0.2) is 34.7 Å². The van der Waals surface area contributed by atoms with Crippen molar-refractivity contribution in [3.63, 3.8) is 0 Å². The third kappa shape index (κ3) is 2.60. The lowest BCUT2D eigenvalue weighted by Gasteiger charge is -2.36. The average molecular weight is 284 g/mol. The normalized spacial score (nSPS) is 28.6. The van der Waals surface area contributed by atoms with E-state index in [-0.39, 0.29) is 0 Å². The Hall–Kier alpha value is -1.32. The first-order valence-corrected chi connectivity index (χ1v) is 8.29. The number of fused-ring (bicyclic) bond motifs is 3. The number of nitrogens with one attached hydrogen (secondary N) is 1. The molecular weight excluding hydrogens is 260 g/mol. The van der Waals surface area contributed by atoms with Crippen molar-refractivity contribution in [3.8, 4) is 0 Å². The molecule has 0 saturated carbocycles. The second kappa shape index (κ2) is 5.47. The summed E-state index contributed by atoms with van der Waals surface area (Å²) >= 11 is 0. The van der Waals surface area contributed by atoms with Crippen LogP contribution in [0.25, 0.3) is 11.0 Å². The first-order valence-electron chi connectivity index (χ1n) is 8.29. The van der Waals surface area contributed by atoms with E-state index in [1.807, 2.05) is 6.07 Å². The topological polar surface area (TPSA) is 28.4 Å². The molecule has 0 aliphatic carbocycles. The lowest BCUT2D eigenvalue weighted by atomic mass is 9.98. The van der Waals surface area contributed by atoms with Gasteiger partial charge in [-0.25, -0.2) is 0 Å². The quantitative estimate of drug-likeness (QED) is 0.931. The second-order valence-electron chi connectivity index (χ2n) is 6.58. The molecular formula is C18H24N2O. The third-order valence-electron chi connectivity index (χ3n) is 5.21. The summed E-state index contributed by atoms with van der Waals surface area (Å²) in [4.78, 5) is 2.60. The van der Waals surface area contributed by atoms with E-state index in [1.165, 1.54) is 31.1 Å². The number of furan rings is 1. The molecule has 3 heteroatoms. The van der Waals surface area contributed by atoms with E-state index in [2.05, 4.69) is 41.4 Å². The molecule has 2 atom stereocenters. The highest BCUT2D eigenvalue weighted by Crippen LogP contribution is 2.31. The molecule has 1 N–H and O–H groups in total. The summed E-state index contributed by atoms with van der Waals surface area (Å²) in [7, 11) is 0. The predicted octanol–water partition coefficient (Wildman–Crippen LogP) is 3.54. The average Bonchev–Trinajstić information content (AvgIpc) is 3.07. The van der Waals surface area contributed by atoms with Gasteiger partial charge in [-0.1, -0.05) is 25.1 Å². The number of para-hydroxylation sites is 1. The van der Waals surface area contributed by atoms with Gasteiger partial charge in [0.1, 0.15) is 11.3 Å². The zero-order valence-electron chi connectivity index (χ0n) is 12.7. The van der Waals surface area contributed by atoms with Crippen LogP contribution < -0.4 is 5.32 Å². The Balaban J connectivity index is 1.50. The predicted molar refractivity (Wildman–Crippen MR) is 85.3 cm³/mol. The first-order chi connectivity index (χ1) is 10.3. The fourth-order valence-electron chi connectivity index (χ4n) is 4.14. The van der Waals surface area contributed by atoms with Crippen LogP contribution in [0.2, 0.25) is 0 Å². The number of piperidine rings is 1. The number of rotatable bonds is 4. The van der Waals surface area contributed by atoms with Gasteiger partial charge in [0, 0.05) is 23.5 Å². The Kier molecular flexibility index (Phi) is 3.48. The fourth-order valence-corrected chi connectivity index (χ4v) is 4.14. The van der Waals surface area contributed by atoms with Crippen molar-refractivity contribution in [2.24, 2.45) is 0 Å². The summed E-state index contributed by atoms with van der Waals surface area (Å²) in [5.74, 6) is 1.10. The molecule has 1 aromatic heterocycles. The van der Waals surface area contributed by atoms with Gasteiger partial charge in [0.2, 0.25) is 0 Å². The molecule has 3 heterocycles. The van der Waals surface area contributed by atoms with Gasteiger partial charge in [-0.15, -0.1) is 0 Å². The summed E-state index contributed by atoms with van der Waals surface area (Å²) in [6.07, 6.45) is 5.32. The lowest BCUT2D eigenvalue weighted by Crippen LogP contribution is -2.47. The van der Waals surface area contributed by atoms with Crippen molar-refractivity contribution in [1.29, 1.82) is 0 Å². The molecule has 2 saturated heterocycles. The molecule has 0 amide bonds. The van der Waals surface area contributed by atoms with E-state index in [0.29, 0.717) is 6.04 Å². The highest BCUT2D eigenvalue weighted by atomic mass is 16.3. The Labute approximate surface area is 126 Å². The minimum absolute atomic E-state index is 0.710. The maximum Gasteiger partial charge on any atom is 0.134 e. The van der Waals surface area contributed by atoms with E-state index in [9.17, 15) is 0 Å². The van der Waals surface area contributed by atoms with Crippen molar-refractivity contribution in [3.05, 3.63) is 36.1 Å². The third-order valence-corrected chi connectivity index (χ3v) is 5.21. The molecule has 2 unspecified atom stereocenters. The van der Waals surface area contributed by atoms with Gasteiger partial charge in [0.05, 0.1) is 6.54 Å². The highest BCUT2D eigenvalue weighted by Gasteiger charge is 2.35. The van der Waals surface area contributed by atoms with E-state index in [0.717, 1.165) is 36.5 Å². The Morgan fingerprint density at radius 3 is 2.67 bits per heavy atom. The standard InChI is InChI=1S/C18H24N2O/c1-2-20(16-10-14-7-8-15(11-16)19-14)12-17-9-13-5-3-4-6-18(13)21-17/h3-6,9,14-16,19H,2,7-8,10-12H2,1H3. The van der Waals surface area contributed by atoms with Crippen molar-refractivity contribution >= 4 is 11.0 Å². The molecule has 1 aromatic carbocycles. The second-order valence-corrected chi connectivity index (χ2v) is 6.58. The fraction of sp³-hybridized carbons (Fsp3) is 0.556. The van der Waals surface area contributed by atoms with Crippen LogP contribution in [0.1, 0.15) is 38.4 Å². The van der Waals surface area contributed by atoms with E-state index < -0.39 is 0 Å². The Bertz CT molecular complexity index is 575.